The molecule has 0 aliphatic carbocycles. The van der Waals surface area contributed by atoms with Crippen molar-refractivity contribution in [2.24, 2.45) is 0 Å². The van der Waals surface area contributed by atoms with Crippen molar-refractivity contribution >= 4 is 28.6 Å². The molecular formula is C16H11ClN4OS. The van der Waals surface area contributed by atoms with E-state index in [9.17, 15) is 4.79 Å². The molecular weight excluding hydrogens is 332 g/mol. The summed E-state index contributed by atoms with van der Waals surface area (Å²) in [6.07, 6.45) is 3.57. The maximum absolute atomic E-state index is 12.3. The largest absolute Gasteiger partial charge is 0.296 e. The topological polar surface area (TPSA) is 63.1 Å². The average molecular weight is 343 g/mol. The van der Waals surface area contributed by atoms with E-state index in [4.69, 9.17) is 11.6 Å². The van der Waals surface area contributed by atoms with Crippen LogP contribution in [0.4, 0.5) is 0 Å². The van der Waals surface area contributed by atoms with Crippen LogP contribution in [0.15, 0.2) is 47.5 Å². The lowest BCUT2D eigenvalue weighted by molar-refractivity contribution is 0.901. The van der Waals surface area contributed by atoms with Crippen LogP contribution in [0.5, 0.6) is 0 Å². The van der Waals surface area contributed by atoms with Gasteiger partial charge in [-0.2, -0.15) is 0 Å². The number of halogens is 1. The van der Waals surface area contributed by atoms with Crippen LogP contribution >= 0.6 is 22.9 Å². The van der Waals surface area contributed by atoms with Crippen LogP contribution in [0.3, 0.4) is 0 Å². The first-order chi connectivity index (χ1) is 11.1. The standard InChI is InChI=1S/C16H11ClN4OS/c1-9-7-18-16(23-9)12-8-19-21-14(22)6-13(20-15(12)21)10-2-4-11(17)5-3-10/h2-8,19H,1H3. The zero-order valence-corrected chi connectivity index (χ0v) is 13.6. The van der Waals surface area contributed by atoms with E-state index in [1.807, 2.05) is 25.3 Å². The summed E-state index contributed by atoms with van der Waals surface area (Å²) < 4.78 is 1.42. The van der Waals surface area contributed by atoms with Crippen LogP contribution in [-0.2, 0) is 0 Å². The van der Waals surface area contributed by atoms with E-state index in [0.29, 0.717) is 16.4 Å². The van der Waals surface area contributed by atoms with Gasteiger partial charge in [-0.1, -0.05) is 23.7 Å². The van der Waals surface area contributed by atoms with Gasteiger partial charge >= 0.3 is 0 Å². The quantitative estimate of drug-likeness (QED) is 0.603. The summed E-state index contributed by atoms with van der Waals surface area (Å²) in [5, 5.41) is 4.42. The van der Waals surface area contributed by atoms with Gasteiger partial charge in [0.05, 0.1) is 11.3 Å². The van der Waals surface area contributed by atoms with E-state index in [-0.39, 0.29) is 5.56 Å². The van der Waals surface area contributed by atoms with Crippen molar-refractivity contribution in [1.29, 1.82) is 0 Å². The number of nitrogens with zero attached hydrogens (tertiary/aromatic N) is 3. The molecule has 0 unspecified atom stereocenters. The van der Waals surface area contributed by atoms with Gasteiger partial charge in [-0.3, -0.25) is 9.89 Å². The molecule has 0 fully saturated rings. The first-order valence-electron chi connectivity index (χ1n) is 6.92. The second-order valence-corrected chi connectivity index (χ2v) is 6.78. The third-order valence-corrected chi connectivity index (χ3v) is 4.69. The monoisotopic (exact) mass is 342 g/mol. The molecule has 0 radical (unpaired) electrons. The highest BCUT2D eigenvalue weighted by Crippen LogP contribution is 2.28. The molecule has 0 bridgehead atoms. The van der Waals surface area contributed by atoms with Crippen molar-refractivity contribution in [3.63, 3.8) is 0 Å². The number of rotatable bonds is 2. The van der Waals surface area contributed by atoms with Gasteiger partial charge < -0.3 is 0 Å². The fraction of sp³-hybridized carbons (Fsp3) is 0.0625. The highest BCUT2D eigenvalue weighted by Gasteiger charge is 2.14. The summed E-state index contributed by atoms with van der Waals surface area (Å²) in [6, 6.07) is 8.76. The molecule has 4 aromatic rings. The molecule has 4 rings (SSSR count). The second-order valence-electron chi connectivity index (χ2n) is 5.11. The molecule has 0 aliphatic heterocycles. The number of H-pyrrole nitrogens is 1. The Morgan fingerprint density at radius 1 is 1.26 bits per heavy atom. The van der Waals surface area contributed by atoms with Crippen molar-refractivity contribution in [1.82, 2.24) is 19.6 Å². The van der Waals surface area contributed by atoms with Crippen LogP contribution in [0.1, 0.15) is 4.88 Å². The number of aromatic amines is 1. The number of benzene rings is 1. The minimum absolute atomic E-state index is 0.167. The molecule has 7 heteroatoms. The zero-order chi connectivity index (χ0) is 16.0. The third kappa shape index (κ3) is 2.46. The Bertz CT molecular complexity index is 1060. The van der Waals surface area contributed by atoms with Crippen LogP contribution < -0.4 is 5.56 Å². The normalized spacial score (nSPS) is 11.2. The van der Waals surface area contributed by atoms with Crippen molar-refractivity contribution < 1.29 is 0 Å². The van der Waals surface area contributed by atoms with Crippen molar-refractivity contribution in [3.05, 3.63) is 63.0 Å². The molecule has 3 aromatic heterocycles. The Morgan fingerprint density at radius 3 is 2.74 bits per heavy atom. The smallest absolute Gasteiger partial charge is 0.273 e. The molecule has 1 N–H and O–H groups in total. The third-order valence-electron chi connectivity index (χ3n) is 3.49. The molecule has 114 valence electrons. The lowest BCUT2D eigenvalue weighted by Crippen LogP contribution is -2.14. The Kier molecular flexibility index (Phi) is 3.28. The predicted octanol–water partition coefficient (Wildman–Crippen LogP) is 3.77. The molecule has 23 heavy (non-hydrogen) atoms. The molecule has 0 amide bonds. The van der Waals surface area contributed by atoms with Crippen molar-refractivity contribution in [2.75, 3.05) is 0 Å². The number of nitrogens with one attached hydrogen (secondary N) is 1. The summed E-state index contributed by atoms with van der Waals surface area (Å²) in [4.78, 5) is 22.5. The van der Waals surface area contributed by atoms with Gasteiger partial charge in [-0.05, 0) is 19.1 Å². The van der Waals surface area contributed by atoms with Gasteiger partial charge in [-0.15, -0.1) is 11.3 Å². The van der Waals surface area contributed by atoms with Crippen molar-refractivity contribution in [3.8, 4) is 21.8 Å². The molecule has 0 saturated carbocycles. The SMILES string of the molecule is Cc1cnc(-c2c[nH]n3c(=O)cc(-c4ccc(Cl)cc4)nc23)s1. The van der Waals surface area contributed by atoms with Gasteiger partial charge in [0, 0.05) is 33.9 Å². The van der Waals surface area contributed by atoms with E-state index in [1.54, 1.807) is 29.7 Å². The van der Waals surface area contributed by atoms with E-state index < -0.39 is 0 Å². The second kappa shape index (κ2) is 5.33. The summed E-state index contributed by atoms with van der Waals surface area (Å²) in [5.41, 5.74) is 2.67. The molecule has 0 spiro atoms. The van der Waals surface area contributed by atoms with Gasteiger partial charge in [0.15, 0.2) is 5.65 Å². The van der Waals surface area contributed by atoms with Crippen LogP contribution in [0.25, 0.3) is 27.5 Å². The minimum Gasteiger partial charge on any atom is -0.296 e. The van der Waals surface area contributed by atoms with E-state index in [0.717, 1.165) is 21.0 Å². The number of hydrogen-bond acceptors (Lipinski definition) is 4. The first kappa shape index (κ1) is 14.2. The Hall–Kier alpha value is -2.44. The molecule has 0 atom stereocenters. The number of hydrogen-bond donors (Lipinski definition) is 1. The lowest BCUT2D eigenvalue weighted by Gasteiger charge is -2.02. The number of aromatic nitrogens is 4. The van der Waals surface area contributed by atoms with Gasteiger partial charge in [-0.25, -0.2) is 14.5 Å². The summed E-state index contributed by atoms with van der Waals surface area (Å²) in [6.45, 7) is 1.99. The van der Waals surface area contributed by atoms with Crippen molar-refractivity contribution in [2.45, 2.75) is 6.92 Å². The molecule has 1 aromatic carbocycles. The van der Waals surface area contributed by atoms with Crippen LogP contribution in [0.2, 0.25) is 5.02 Å². The summed E-state index contributed by atoms with van der Waals surface area (Å²) >= 11 is 7.48. The highest BCUT2D eigenvalue weighted by molar-refractivity contribution is 7.15. The lowest BCUT2D eigenvalue weighted by atomic mass is 10.1. The van der Waals surface area contributed by atoms with Crippen LogP contribution in [-0.4, -0.2) is 19.6 Å². The zero-order valence-electron chi connectivity index (χ0n) is 12.1. The minimum atomic E-state index is -0.167. The Labute approximate surface area is 140 Å². The summed E-state index contributed by atoms with van der Waals surface area (Å²) in [7, 11) is 0. The van der Waals surface area contributed by atoms with E-state index in [1.165, 1.54) is 10.6 Å². The summed E-state index contributed by atoms with van der Waals surface area (Å²) in [5.74, 6) is 0. The van der Waals surface area contributed by atoms with Gasteiger partial charge in [0.2, 0.25) is 0 Å². The van der Waals surface area contributed by atoms with E-state index in [2.05, 4.69) is 15.1 Å². The molecule has 3 heterocycles. The fourth-order valence-electron chi connectivity index (χ4n) is 2.39. The highest BCUT2D eigenvalue weighted by atomic mass is 35.5. The average Bonchev–Trinajstić information content (AvgIpc) is 3.14. The first-order valence-corrected chi connectivity index (χ1v) is 8.11. The van der Waals surface area contributed by atoms with Crippen LogP contribution in [0, 0.1) is 6.92 Å². The van der Waals surface area contributed by atoms with Gasteiger partial charge in [0.25, 0.3) is 5.56 Å². The predicted molar refractivity (Wildman–Crippen MR) is 92.1 cm³/mol. The van der Waals surface area contributed by atoms with Gasteiger partial charge in [0.1, 0.15) is 5.01 Å². The number of fused-ring (bicyclic) bond motifs is 1. The number of aryl methyl sites for hydroxylation is 1. The Balaban J connectivity index is 1.95. The Morgan fingerprint density at radius 2 is 2.04 bits per heavy atom. The molecule has 5 nitrogen and oxygen atoms in total. The maximum Gasteiger partial charge on any atom is 0.273 e. The van der Waals surface area contributed by atoms with E-state index >= 15 is 0 Å². The number of thiazole rings is 1. The fourth-order valence-corrected chi connectivity index (χ4v) is 3.29. The molecule has 0 aliphatic rings. The molecule has 0 saturated heterocycles. The maximum atomic E-state index is 12.3.